The summed E-state index contributed by atoms with van der Waals surface area (Å²) in [6.45, 7) is 13.3. The Morgan fingerprint density at radius 2 is 2.06 bits per heavy atom. The molecular formula is C23H36N2O6. The summed E-state index contributed by atoms with van der Waals surface area (Å²) in [4.78, 5) is 43.8. The number of esters is 1. The van der Waals surface area contributed by atoms with Crippen LogP contribution in [0.15, 0.2) is 12.7 Å². The molecule has 0 aromatic carbocycles. The predicted molar refractivity (Wildman–Crippen MR) is 114 cm³/mol. The molecule has 3 aliphatic rings. The molecule has 174 valence electrons. The Morgan fingerprint density at radius 3 is 2.58 bits per heavy atom. The van der Waals surface area contributed by atoms with Crippen molar-refractivity contribution < 1.29 is 29.0 Å². The third kappa shape index (κ3) is 3.39. The van der Waals surface area contributed by atoms with Gasteiger partial charge in [-0.2, -0.15) is 0 Å². The Kier molecular flexibility index (Phi) is 6.54. The largest absolute Gasteiger partial charge is 0.466 e. The second kappa shape index (κ2) is 8.54. The molecule has 0 aromatic heterocycles. The Balaban J connectivity index is 2.13. The maximum Gasteiger partial charge on any atom is 0.312 e. The van der Waals surface area contributed by atoms with Crippen LogP contribution < -0.4 is 0 Å². The van der Waals surface area contributed by atoms with E-state index in [0.717, 1.165) is 0 Å². The minimum atomic E-state index is -1.10. The van der Waals surface area contributed by atoms with E-state index in [1.165, 1.54) is 4.90 Å². The Hall–Kier alpha value is -1.93. The van der Waals surface area contributed by atoms with Crippen LogP contribution in [0.4, 0.5) is 0 Å². The minimum Gasteiger partial charge on any atom is -0.466 e. The maximum absolute atomic E-state index is 13.9. The first-order chi connectivity index (χ1) is 14.6. The van der Waals surface area contributed by atoms with Crippen molar-refractivity contribution in [2.45, 2.75) is 83.2 Å². The van der Waals surface area contributed by atoms with Crippen LogP contribution in [-0.4, -0.2) is 81.8 Å². The second-order valence-electron chi connectivity index (χ2n) is 9.34. The number of rotatable bonds is 9. The van der Waals surface area contributed by atoms with Crippen molar-refractivity contribution in [1.82, 2.24) is 9.80 Å². The number of hydrogen-bond donors (Lipinski definition) is 1. The highest BCUT2D eigenvalue weighted by Crippen LogP contribution is 2.63. The fraction of sp³-hybridized carbons (Fsp3) is 0.783. The van der Waals surface area contributed by atoms with Crippen LogP contribution in [0.1, 0.15) is 53.9 Å². The predicted octanol–water partition coefficient (Wildman–Crippen LogP) is 1.51. The minimum absolute atomic E-state index is 0.109. The summed E-state index contributed by atoms with van der Waals surface area (Å²) in [5, 5.41) is 10.0. The highest BCUT2D eigenvalue weighted by molar-refractivity contribution is 5.98. The lowest BCUT2D eigenvalue weighted by molar-refractivity contribution is -0.162. The van der Waals surface area contributed by atoms with E-state index in [2.05, 4.69) is 6.58 Å². The van der Waals surface area contributed by atoms with Gasteiger partial charge in [0.1, 0.15) is 17.6 Å². The average molecular weight is 437 g/mol. The van der Waals surface area contributed by atoms with Gasteiger partial charge in [0.15, 0.2) is 0 Å². The van der Waals surface area contributed by atoms with Gasteiger partial charge in [-0.3, -0.25) is 14.4 Å². The highest BCUT2D eigenvalue weighted by atomic mass is 16.6. The van der Waals surface area contributed by atoms with Crippen LogP contribution in [-0.2, 0) is 23.9 Å². The van der Waals surface area contributed by atoms with Crippen molar-refractivity contribution in [3.8, 4) is 0 Å². The van der Waals surface area contributed by atoms with E-state index in [0.29, 0.717) is 25.8 Å². The summed E-state index contributed by atoms with van der Waals surface area (Å²) in [5.41, 5.74) is -1.95. The van der Waals surface area contributed by atoms with Gasteiger partial charge in [-0.25, -0.2) is 0 Å². The molecule has 0 aromatic rings. The molecule has 3 saturated heterocycles. The smallest absolute Gasteiger partial charge is 0.312 e. The van der Waals surface area contributed by atoms with Gasteiger partial charge in [0.05, 0.1) is 30.8 Å². The van der Waals surface area contributed by atoms with Gasteiger partial charge in [-0.15, -0.1) is 6.58 Å². The van der Waals surface area contributed by atoms with Gasteiger partial charge in [0.25, 0.3) is 0 Å². The number of aliphatic hydroxyl groups is 1. The molecule has 31 heavy (non-hydrogen) atoms. The number of carbonyl (C=O) groups excluding carboxylic acids is 3. The van der Waals surface area contributed by atoms with Gasteiger partial charge >= 0.3 is 5.97 Å². The Labute approximate surface area is 184 Å². The van der Waals surface area contributed by atoms with Crippen molar-refractivity contribution in [2.24, 2.45) is 11.8 Å². The maximum atomic E-state index is 13.9. The molecule has 3 fully saturated rings. The lowest BCUT2D eigenvalue weighted by Gasteiger charge is -2.40. The van der Waals surface area contributed by atoms with Crippen molar-refractivity contribution in [3.63, 3.8) is 0 Å². The monoisotopic (exact) mass is 436 g/mol. The zero-order valence-corrected chi connectivity index (χ0v) is 19.3. The van der Waals surface area contributed by atoms with Crippen LogP contribution in [0.5, 0.6) is 0 Å². The van der Waals surface area contributed by atoms with Crippen LogP contribution in [0.2, 0.25) is 0 Å². The lowest BCUT2D eigenvalue weighted by atomic mass is 9.66. The molecule has 2 unspecified atom stereocenters. The summed E-state index contributed by atoms with van der Waals surface area (Å²) >= 11 is 0. The van der Waals surface area contributed by atoms with E-state index in [1.807, 2.05) is 27.7 Å². The van der Waals surface area contributed by atoms with Crippen LogP contribution in [0.25, 0.3) is 0 Å². The first-order valence-electron chi connectivity index (χ1n) is 11.3. The van der Waals surface area contributed by atoms with Crippen LogP contribution in [0, 0.1) is 11.8 Å². The van der Waals surface area contributed by atoms with Crippen LogP contribution in [0.3, 0.4) is 0 Å². The summed E-state index contributed by atoms with van der Waals surface area (Å²) in [6, 6.07) is -1.54. The van der Waals surface area contributed by atoms with Crippen LogP contribution >= 0.6 is 0 Å². The first kappa shape index (κ1) is 23.7. The normalized spacial score (nSPS) is 34.7. The highest BCUT2D eigenvalue weighted by Gasteiger charge is 2.79. The molecule has 0 saturated carbocycles. The molecule has 3 heterocycles. The van der Waals surface area contributed by atoms with Gasteiger partial charge in [-0.1, -0.05) is 13.0 Å². The van der Waals surface area contributed by atoms with E-state index in [4.69, 9.17) is 9.47 Å². The van der Waals surface area contributed by atoms with Gasteiger partial charge in [-0.05, 0) is 47.0 Å². The lowest BCUT2D eigenvalue weighted by Crippen LogP contribution is -2.59. The Morgan fingerprint density at radius 1 is 1.39 bits per heavy atom. The summed E-state index contributed by atoms with van der Waals surface area (Å²) < 4.78 is 11.8. The number of aliphatic hydroxyl groups excluding tert-OH is 1. The SMILES string of the molecule is C=CCN(C(=O)C1N([C@@H](CC)CO)C(=O)[C@@H]2[C@@H](C(=O)OCC)[C@@]3(C)CCC12O3)C(C)C. The topological polar surface area (TPSA) is 96.4 Å². The van der Waals surface area contributed by atoms with Crippen molar-refractivity contribution in [1.29, 1.82) is 0 Å². The van der Waals surface area contributed by atoms with Gasteiger partial charge in [0, 0.05) is 12.6 Å². The molecule has 3 aliphatic heterocycles. The molecule has 0 aliphatic carbocycles. The molecule has 8 heteroatoms. The first-order valence-corrected chi connectivity index (χ1v) is 11.3. The number of likely N-dealkylation sites (tertiary alicyclic amines) is 1. The number of amides is 2. The fourth-order valence-corrected chi connectivity index (χ4v) is 5.89. The van der Waals surface area contributed by atoms with E-state index < -0.39 is 41.1 Å². The quantitative estimate of drug-likeness (QED) is 0.435. The summed E-state index contributed by atoms with van der Waals surface area (Å²) in [6.07, 6.45) is 3.22. The van der Waals surface area contributed by atoms with Crippen molar-refractivity contribution >= 4 is 17.8 Å². The molecule has 1 N–H and O–H groups in total. The van der Waals surface area contributed by atoms with Crippen molar-refractivity contribution in [3.05, 3.63) is 12.7 Å². The number of ether oxygens (including phenoxy) is 2. The van der Waals surface area contributed by atoms with Crippen molar-refractivity contribution in [2.75, 3.05) is 19.8 Å². The average Bonchev–Trinajstić information content (AvgIpc) is 3.28. The van der Waals surface area contributed by atoms with E-state index in [1.54, 1.807) is 17.9 Å². The fourth-order valence-electron chi connectivity index (χ4n) is 5.89. The third-order valence-electron chi connectivity index (χ3n) is 7.30. The van der Waals surface area contributed by atoms with E-state index >= 15 is 0 Å². The molecule has 0 radical (unpaired) electrons. The molecule has 1 spiro atoms. The standard InChI is InChI=1S/C23H36N2O6/c1-7-12-24(14(4)5)20(28)18-23-11-10-22(6,31-23)17(21(29)30-9-3)16(23)19(27)25(18)15(8-2)13-26/h7,14-18,26H,1,8-13H2,2-6H3/t15-,16-,17-,18?,22+,23?/m0/s1. The summed E-state index contributed by atoms with van der Waals surface area (Å²) in [7, 11) is 0. The number of nitrogens with zero attached hydrogens (tertiary/aromatic N) is 2. The second-order valence-corrected chi connectivity index (χ2v) is 9.34. The zero-order chi connectivity index (χ0) is 23.1. The number of hydrogen-bond acceptors (Lipinski definition) is 6. The molecule has 8 nitrogen and oxygen atoms in total. The number of carbonyl (C=O) groups is 3. The molecule has 3 rings (SSSR count). The van der Waals surface area contributed by atoms with Gasteiger partial charge < -0.3 is 24.4 Å². The molecule has 2 amide bonds. The number of fused-ring (bicyclic) bond motifs is 1. The van der Waals surface area contributed by atoms with Gasteiger partial charge in [0.2, 0.25) is 11.8 Å². The zero-order valence-electron chi connectivity index (χ0n) is 19.3. The Bertz CT molecular complexity index is 750. The van der Waals surface area contributed by atoms with E-state index in [-0.39, 0.29) is 31.1 Å². The molecule has 2 bridgehead atoms. The molecule has 6 atom stereocenters. The summed E-state index contributed by atoms with van der Waals surface area (Å²) in [5.74, 6) is -2.55. The van der Waals surface area contributed by atoms with E-state index in [9.17, 15) is 19.5 Å². The third-order valence-corrected chi connectivity index (χ3v) is 7.30. The molecular weight excluding hydrogens is 400 g/mol.